The van der Waals surface area contributed by atoms with E-state index in [1.165, 1.54) is 33.1 Å². The zero-order valence-electron chi connectivity index (χ0n) is 16.3. The SMILES string of the molecule is CC1CCc2nc3sc(C(=O)Nc4sc5c(c4C#N)CCCC5)c(N)c3cc2C1. The Morgan fingerprint density at radius 3 is 2.97 bits per heavy atom. The molecule has 0 fully saturated rings. The number of pyridine rings is 1. The Kier molecular flexibility index (Phi) is 4.56. The second-order valence-corrected chi connectivity index (χ2v) is 10.2. The lowest BCUT2D eigenvalue weighted by atomic mass is 9.87. The van der Waals surface area contributed by atoms with Gasteiger partial charge in [0.2, 0.25) is 0 Å². The number of hydrogen-bond acceptors (Lipinski definition) is 6. The highest BCUT2D eigenvalue weighted by Gasteiger charge is 2.25. The standard InChI is InChI=1S/C22H22N4OS2/c1-11-6-7-16-12(8-11)9-14-18(24)19(29-21(14)25-16)20(27)26-22-15(10-23)13-4-2-3-5-17(13)28-22/h9,11H,2-8,24H2,1H3,(H,26,27). The van der Waals surface area contributed by atoms with Gasteiger partial charge in [-0.15, -0.1) is 22.7 Å². The number of nitrogens with one attached hydrogen (secondary N) is 1. The first-order chi connectivity index (χ1) is 14.0. The number of nitrogens with two attached hydrogens (primary N) is 1. The van der Waals surface area contributed by atoms with Crippen LogP contribution >= 0.6 is 22.7 Å². The summed E-state index contributed by atoms with van der Waals surface area (Å²) < 4.78 is 0. The van der Waals surface area contributed by atoms with Gasteiger partial charge in [-0.3, -0.25) is 4.79 Å². The van der Waals surface area contributed by atoms with E-state index >= 15 is 0 Å². The maximum absolute atomic E-state index is 13.0. The molecule has 1 amide bonds. The number of nitrogen functional groups attached to an aromatic ring is 1. The zero-order valence-corrected chi connectivity index (χ0v) is 17.9. The predicted octanol–water partition coefficient (Wildman–Crippen LogP) is 5.07. The lowest BCUT2D eigenvalue weighted by Crippen LogP contribution is -2.13. The van der Waals surface area contributed by atoms with Crippen LogP contribution in [0.15, 0.2) is 6.07 Å². The maximum Gasteiger partial charge on any atom is 0.268 e. The molecule has 0 spiro atoms. The highest BCUT2D eigenvalue weighted by atomic mass is 32.1. The van der Waals surface area contributed by atoms with Crippen molar-refractivity contribution in [3.05, 3.63) is 38.2 Å². The van der Waals surface area contributed by atoms with Crippen LogP contribution in [0.5, 0.6) is 0 Å². The molecule has 148 valence electrons. The summed E-state index contributed by atoms with van der Waals surface area (Å²) in [6.07, 6.45) is 7.31. The summed E-state index contributed by atoms with van der Waals surface area (Å²) >= 11 is 2.88. The van der Waals surface area contributed by atoms with E-state index in [1.807, 2.05) is 0 Å². The van der Waals surface area contributed by atoms with Crippen LogP contribution in [0.3, 0.4) is 0 Å². The summed E-state index contributed by atoms with van der Waals surface area (Å²) in [6, 6.07) is 4.42. The van der Waals surface area contributed by atoms with Gasteiger partial charge in [-0.2, -0.15) is 5.26 Å². The molecule has 3 heterocycles. The number of thiophene rings is 2. The van der Waals surface area contributed by atoms with E-state index in [1.54, 1.807) is 0 Å². The van der Waals surface area contributed by atoms with Gasteiger partial charge in [0.1, 0.15) is 20.8 Å². The molecule has 5 nitrogen and oxygen atoms in total. The first-order valence-corrected chi connectivity index (χ1v) is 11.7. The molecule has 3 aromatic rings. The van der Waals surface area contributed by atoms with Crippen LogP contribution in [0.25, 0.3) is 10.2 Å². The van der Waals surface area contributed by atoms with Gasteiger partial charge in [-0.05, 0) is 68.1 Å². The van der Waals surface area contributed by atoms with Gasteiger partial charge < -0.3 is 11.1 Å². The summed E-state index contributed by atoms with van der Waals surface area (Å²) in [5.74, 6) is 0.408. The summed E-state index contributed by atoms with van der Waals surface area (Å²) in [4.78, 5) is 20.4. The van der Waals surface area contributed by atoms with E-state index in [0.717, 1.165) is 66.4 Å². The summed E-state index contributed by atoms with van der Waals surface area (Å²) in [5.41, 5.74) is 11.0. The number of hydrogen-bond donors (Lipinski definition) is 2. The normalized spacial score (nSPS) is 18.1. The van der Waals surface area contributed by atoms with E-state index in [0.29, 0.717) is 27.0 Å². The number of aromatic nitrogens is 1. The second kappa shape index (κ2) is 7.12. The van der Waals surface area contributed by atoms with Crippen molar-refractivity contribution in [3.8, 4) is 6.07 Å². The van der Waals surface area contributed by atoms with Crippen molar-refractivity contribution >= 4 is 49.5 Å². The molecule has 2 aliphatic rings. The predicted molar refractivity (Wildman–Crippen MR) is 119 cm³/mol. The number of anilines is 2. The number of amides is 1. The fourth-order valence-electron chi connectivity index (χ4n) is 4.47. The first kappa shape index (κ1) is 18.6. The van der Waals surface area contributed by atoms with Crippen molar-refractivity contribution in [2.45, 2.75) is 51.9 Å². The van der Waals surface area contributed by atoms with Crippen LogP contribution < -0.4 is 11.1 Å². The van der Waals surface area contributed by atoms with Crippen LogP contribution in [-0.2, 0) is 25.7 Å². The van der Waals surface area contributed by atoms with Crippen LogP contribution in [0.4, 0.5) is 10.7 Å². The number of rotatable bonds is 2. The van der Waals surface area contributed by atoms with Crippen molar-refractivity contribution in [3.63, 3.8) is 0 Å². The molecule has 0 radical (unpaired) electrons. The van der Waals surface area contributed by atoms with Gasteiger partial charge in [-0.1, -0.05) is 6.92 Å². The third-order valence-corrected chi connectivity index (χ3v) is 8.37. The quantitative estimate of drug-likeness (QED) is 0.603. The van der Waals surface area contributed by atoms with Gasteiger partial charge in [0.15, 0.2) is 0 Å². The number of nitrogens with zero attached hydrogens (tertiary/aromatic N) is 2. The van der Waals surface area contributed by atoms with Gasteiger partial charge in [-0.25, -0.2) is 4.98 Å². The Hall–Kier alpha value is -2.43. The van der Waals surface area contributed by atoms with Crippen molar-refractivity contribution < 1.29 is 4.79 Å². The number of carbonyl (C=O) groups is 1. The molecule has 1 atom stereocenters. The molecule has 3 N–H and O–H groups in total. The van der Waals surface area contributed by atoms with E-state index in [9.17, 15) is 10.1 Å². The number of fused-ring (bicyclic) bond motifs is 3. The smallest absolute Gasteiger partial charge is 0.268 e. The number of nitriles is 1. The van der Waals surface area contributed by atoms with Crippen LogP contribution in [0.2, 0.25) is 0 Å². The Balaban J connectivity index is 1.50. The Morgan fingerprint density at radius 2 is 2.14 bits per heavy atom. The molecule has 0 saturated carbocycles. The van der Waals surface area contributed by atoms with Gasteiger partial charge in [0.25, 0.3) is 5.91 Å². The Bertz CT molecular complexity index is 1180. The fraction of sp³-hybridized carbons (Fsp3) is 0.409. The molecular weight excluding hydrogens is 400 g/mol. The molecule has 7 heteroatoms. The molecule has 2 aliphatic carbocycles. The first-order valence-electron chi connectivity index (χ1n) is 10.1. The van der Waals surface area contributed by atoms with E-state index in [-0.39, 0.29) is 5.91 Å². The summed E-state index contributed by atoms with van der Waals surface area (Å²) in [7, 11) is 0. The molecule has 29 heavy (non-hydrogen) atoms. The largest absolute Gasteiger partial charge is 0.397 e. The lowest BCUT2D eigenvalue weighted by molar-refractivity contribution is 0.103. The minimum atomic E-state index is -0.244. The molecule has 0 bridgehead atoms. The minimum Gasteiger partial charge on any atom is -0.397 e. The lowest BCUT2D eigenvalue weighted by Gasteiger charge is -2.20. The van der Waals surface area contributed by atoms with E-state index < -0.39 is 0 Å². The molecule has 0 aromatic carbocycles. The fourth-order valence-corrected chi connectivity index (χ4v) is 6.70. The minimum absolute atomic E-state index is 0.244. The summed E-state index contributed by atoms with van der Waals surface area (Å²) in [6.45, 7) is 2.26. The third-order valence-electron chi connectivity index (χ3n) is 6.05. The monoisotopic (exact) mass is 422 g/mol. The third kappa shape index (κ3) is 3.11. The van der Waals surface area contributed by atoms with Crippen LogP contribution in [-0.4, -0.2) is 10.9 Å². The highest BCUT2D eigenvalue weighted by Crippen LogP contribution is 2.40. The molecule has 0 saturated heterocycles. The van der Waals surface area contributed by atoms with E-state index in [2.05, 4.69) is 24.4 Å². The van der Waals surface area contributed by atoms with Gasteiger partial charge in [0, 0.05) is 16.0 Å². The molecule has 0 aliphatic heterocycles. The van der Waals surface area contributed by atoms with Gasteiger partial charge in [0.05, 0.1) is 11.3 Å². The molecular formula is C22H22N4OS2. The van der Waals surface area contributed by atoms with Crippen molar-refractivity contribution in [2.24, 2.45) is 5.92 Å². The van der Waals surface area contributed by atoms with Crippen molar-refractivity contribution in [2.75, 3.05) is 11.1 Å². The summed E-state index contributed by atoms with van der Waals surface area (Å²) in [5, 5.41) is 14.1. The van der Waals surface area contributed by atoms with Crippen molar-refractivity contribution in [1.29, 1.82) is 5.26 Å². The molecule has 1 unspecified atom stereocenters. The second-order valence-electron chi connectivity index (χ2n) is 8.12. The zero-order chi connectivity index (χ0) is 20.1. The Labute approximate surface area is 177 Å². The van der Waals surface area contributed by atoms with Crippen molar-refractivity contribution in [1.82, 2.24) is 4.98 Å². The maximum atomic E-state index is 13.0. The van der Waals surface area contributed by atoms with Gasteiger partial charge >= 0.3 is 0 Å². The number of aryl methyl sites for hydroxylation is 2. The number of carbonyl (C=O) groups excluding carboxylic acids is 1. The highest BCUT2D eigenvalue weighted by molar-refractivity contribution is 7.21. The topological polar surface area (TPSA) is 91.8 Å². The average molecular weight is 423 g/mol. The molecule has 3 aromatic heterocycles. The van der Waals surface area contributed by atoms with Crippen LogP contribution in [0.1, 0.15) is 63.1 Å². The average Bonchev–Trinajstić information content (AvgIpc) is 3.23. The van der Waals surface area contributed by atoms with E-state index in [4.69, 9.17) is 10.7 Å². The Morgan fingerprint density at radius 1 is 1.31 bits per heavy atom. The molecule has 5 rings (SSSR count). The van der Waals surface area contributed by atoms with Crippen LogP contribution in [0, 0.1) is 17.2 Å².